The van der Waals surface area contributed by atoms with Crippen molar-refractivity contribution in [3.8, 4) is 0 Å². The summed E-state index contributed by atoms with van der Waals surface area (Å²) in [5, 5.41) is 0. The molecule has 0 aliphatic heterocycles. The second-order valence-corrected chi connectivity index (χ2v) is 5.69. The Morgan fingerprint density at radius 2 is 1.58 bits per heavy atom. The lowest BCUT2D eigenvalue weighted by Crippen LogP contribution is -2.33. The molecule has 19 heavy (non-hydrogen) atoms. The molecule has 0 bridgehead atoms. The van der Waals surface area contributed by atoms with Gasteiger partial charge in [-0.15, -0.1) is 0 Å². The number of carbonyl (C=O) groups excluding carboxylic acids is 1. The van der Waals surface area contributed by atoms with Gasteiger partial charge in [-0.1, -0.05) is 0 Å². The third-order valence-electron chi connectivity index (χ3n) is 3.11. The molecule has 0 atom stereocenters. The number of ketones is 1. The van der Waals surface area contributed by atoms with Gasteiger partial charge in [-0.05, 0) is 54.3 Å². The topological polar surface area (TPSA) is 32.8 Å². The molecule has 0 spiro atoms. The van der Waals surface area contributed by atoms with E-state index in [1.54, 1.807) is 6.92 Å². The SMILES string of the molecule is CC(=O)CCCCN(C)CCN(C)CCOC(C)C. The van der Waals surface area contributed by atoms with Crippen LogP contribution in [-0.2, 0) is 9.53 Å². The molecule has 0 heterocycles. The molecule has 0 aromatic heterocycles. The summed E-state index contributed by atoms with van der Waals surface area (Å²) in [5.74, 6) is 0.299. The molecule has 0 aromatic carbocycles. The third kappa shape index (κ3) is 13.8. The summed E-state index contributed by atoms with van der Waals surface area (Å²) in [7, 11) is 4.28. The zero-order valence-electron chi connectivity index (χ0n) is 13.4. The summed E-state index contributed by atoms with van der Waals surface area (Å²) in [6.45, 7) is 10.8. The highest BCUT2D eigenvalue weighted by Gasteiger charge is 2.03. The Kier molecular flexibility index (Phi) is 11.1. The molecule has 0 amide bonds. The van der Waals surface area contributed by atoms with E-state index in [-0.39, 0.29) is 0 Å². The molecule has 0 fully saturated rings. The minimum absolute atomic E-state index is 0.299. The van der Waals surface area contributed by atoms with Gasteiger partial charge in [-0.3, -0.25) is 0 Å². The van der Waals surface area contributed by atoms with Gasteiger partial charge in [0.05, 0.1) is 12.7 Å². The third-order valence-corrected chi connectivity index (χ3v) is 3.11. The van der Waals surface area contributed by atoms with Crippen molar-refractivity contribution in [2.75, 3.05) is 46.9 Å². The van der Waals surface area contributed by atoms with E-state index in [1.807, 2.05) is 0 Å². The maximum Gasteiger partial charge on any atom is 0.129 e. The molecular weight excluding hydrogens is 240 g/mol. The van der Waals surface area contributed by atoms with Gasteiger partial charge in [0.2, 0.25) is 0 Å². The van der Waals surface area contributed by atoms with Crippen LogP contribution in [0.1, 0.15) is 40.0 Å². The standard InChI is InChI=1S/C15H32N2O2/c1-14(2)19-13-12-17(5)11-10-16(4)9-7-6-8-15(3)18/h14H,6-13H2,1-5H3. The van der Waals surface area contributed by atoms with E-state index in [4.69, 9.17) is 4.74 Å². The van der Waals surface area contributed by atoms with Crippen LogP contribution in [0.2, 0.25) is 0 Å². The monoisotopic (exact) mass is 272 g/mol. The van der Waals surface area contributed by atoms with Crippen molar-refractivity contribution in [3.05, 3.63) is 0 Å². The number of unbranched alkanes of at least 4 members (excludes halogenated alkanes) is 1. The van der Waals surface area contributed by atoms with Crippen LogP contribution in [0.4, 0.5) is 0 Å². The number of carbonyl (C=O) groups is 1. The van der Waals surface area contributed by atoms with Gasteiger partial charge < -0.3 is 19.3 Å². The Hall–Kier alpha value is -0.450. The first kappa shape index (κ1) is 18.6. The van der Waals surface area contributed by atoms with Crippen molar-refractivity contribution >= 4 is 5.78 Å². The fraction of sp³-hybridized carbons (Fsp3) is 0.933. The molecule has 0 radical (unpaired) electrons. The molecule has 0 rings (SSSR count). The van der Waals surface area contributed by atoms with E-state index >= 15 is 0 Å². The Morgan fingerprint density at radius 1 is 1.00 bits per heavy atom. The van der Waals surface area contributed by atoms with Crippen LogP contribution in [0.3, 0.4) is 0 Å². The van der Waals surface area contributed by atoms with Crippen LogP contribution in [0.5, 0.6) is 0 Å². The van der Waals surface area contributed by atoms with E-state index in [0.29, 0.717) is 11.9 Å². The number of rotatable bonds is 12. The molecule has 0 unspecified atom stereocenters. The number of likely N-dealkylation sites (N-methyl/N-ethyl adjacent to an activating group) is 2. The molecule has 0 aliphatic rings. The quantitative estimate of drug-likeness (QED) is 0.509. The summed E-state index contributed by atoms with van der Waals surface area (Å²) in [6, 6.07) is 0. The molecule has 0 saturated heterocycles. The lowest BCUT2D eigenvalue weighted by molar-refractivity contribution is -0.117. The summed E-state index contributed by atoms with van der Waals surface area (Å²) in [5.41, 5.74) is 0. The van der Waals surface area contributed by atoms with Crippen LogP contribution in [0, 0.1) is 0 Å². The first-order valence-corrected chi connectivity index (χ1v) is 7.40. The summed E-state index contributed by atoms with van der Waals surface area (Å²) < 4.78 is 5.53. The maximum absolute atomic E-state index is 10.8. The minimum atomic E-state index is 0.299. The fourth-order valence-corrected chi connectivity index (χ4v) is 1.76. The fourth-order valence-electron chi connectivity index (χ4n) is 1.76. The van der Waals surface area contributed by atoms with E-state index in [9.17, 15) is 4.79 Å². The predicted molar refractivity (Wildman–Crippen MR) is 80.6 cm³/mol. The van der Waals surface area contributed by atoms with Gasteiger partial charge in [0.25, 0.3) is 0 Å². The summed E-state index contributed by atoms with van der Waals surface area (Å²) >= 11 is 0. The van der Waals surface area contributed by atoms with Crippen molar-refractivity contribution < 1.29 is 9.53 Å². The summed E-state index contributed by atoms with van der Waals surface area (Å²) in [4.78, 5) is 15.5. The second-order valence-electron chi connectivity index (χ2n) is 5.69. The Labute approximate surface area is 119 Å². The second kappa shape index (κ2) is 11.4. The van der Waals surface area contributed by atoms with E-state index in [1.165, 1.54) is 0 Å². The number of hydrogen-bond acceptors (Lipinski definition) is 4. The lowest BCUT2D eigenvalue weighted by atomic mass is 10.2. The van der Waals surface area contributed by atoms with Crippen molar-refractivity contribution in [1.82, 2.24) is 9.80 Å². The van der Waals surface area contributed by atoms with Crippen LogP contribution >= 0.6 is 0 Å². The number of hydrogen-bond donors (Lipinski definition) is 0. The Morgan fingerprint density at radius 3 is 2.11 bits per heavy atom. The maximum atomic E-state index is 10.8. The van der Waals surface area contributed by atoms with E-state index in [0.717, 1.165) is 52.0 Å². The molecule has 0 aromatic rings. The van der Waals surface area contributed by atoms with Crippen LogP contribution in [0.25, 0.3) is 0 Å². The normalized spacial score (nSPS) is 11.8. The predicted octanol–water partition coefficient (Wildman–Crippen LogP) is 2.03. The smallest absolute Gasteiger partial charge is 0.129 e. The van der Waals surface area contributed by atoms with E-state index < -0.39 is 0 Å². The van der Waals surface area contributed by atoms with Gasteiger partial charge in [-0.2, -0.15) is 0 Å². The molecular formula is C15H32N2O2. The van der Waals surface area contributed by atoms with Crippen LogP contribution in [0.15, 0.2) is 0 Å². The summed E-state index contributed by atoms with van der Waals surface area (Å²) in [6.07, 6.45) is 3.16. The van der Waals surface area contributed by atoms with Crippen LogP contribution < -0.4 is 0 Å². The minimum Gasteiger partial charge on any atom is -0.377 e. The molecule has 0 N–H and O–H groups in total. The van der Waals surface area contributed by atoms with Gasteiger partial charge in [0, 0.05) is 26.1 Å². The number of nitrogens with zero attached hydrogens (tertiary/aromatic N) is 2. The van der Waals surface area contributed by atoms with Gasteiger partial charge in [0.1, 0.15) is 5.78 Å². The average Bonchev–Trinajstić information content (AvgIpc) is 2.31. The van der Waals surface area contributed by atoms with Gasteiger partial charge in [0.15, 0.2) is 0 Å². The van der Waals surface area contributed by atoms with Gasteiger partial charge in [-0.25, -0.2) is 0 Å². The zero-order valence-corrected chi connectivity index (χ0v) is 13.4. The molecule has 0 saturated carbocycles. The molecule has 4 nitrogen and oxygen atoms in total. The van der Waals surface area contributed by atoms with Crippen LogP contribution in [-0.4, -0.2) is 68.6 Å². The highest BCUT2D eigenvalue weighted by Crippen LogP contribution is 1.98. The van der Waals surface area contributed by atoms with Gasteiger partial charge >= 0.3 is 0 Å². The largest absolute Gasteiger partial charge is 0.377 e. The molecule has 4 heteroatoms. The first-order valence-electron chi connectivity index (χ1n) is 7.40. The van der Waals surface area contributed by atoms with E-state index in [2.05, 4.69) is 37.7 Å². The van der Waals surface area contributed by atoms with Crippen molar-refractivity contribution in [3.63, 3.8) is 0 Å². The highest BCUT2D eigenvalue weighted by atomic mass is 16.5. The zero-order chi connectivity index (χ0) is 14.7. The lowest BCUT2D eigenvalue weighted by Gasteiger charge is -2.22. The first-order chi connectivity index (χ1) is 8.91. The molecule has 0 aliphatic carbocycles. The van der Waals surface area contributed by atoms with Crippen molar-refractivity contribution in [2.24, 2.45) is 0 Å². The highest BCUT2D eigenvalue weighted by molar-refractivity contribution is 5.75. The van der Waals surface area contributed by atoms with Crippen molar-refractivity contribution in [2.45, 2.75) is 46.1 Å². The Balaban J connectivity index is 3.44. The van der Waals surface area contributed by atoms with Crippen molar-refractivity contribution in [1.29, 1.82) is 0 Å². The average molecular weight is 272 g/mol. The number of ether oxygens (including phenoxy) is 1. The Bertz CT molecular complexity index is 232. The molecule has 114 valence electrons. The number of Topliss-reactive ketones (excluding diaryl/α,β-unsaturated/α-hetero) is 1.